The third kappa shape index (κ3) is 5.32. The largest absolute Gasteiger partial charge is 0.449 e. The van der Waals surface area contributed by atoms with Gasteiger partial charge in [0.2, 0.25) is 10.0 Å². The fraction of sp³-hybridized carbons (Fsp3) is 0.200. The van der Waals surface area contributed by atoms with Crippen molar-refractivity contribution >= 4 is 27.6 Å². The van der Waals surface area contributed by atoms with Gasteiger partial charge >= 0.3 is 5.97 Å². The number of primary sulfonamides is 1. The Bertz CT molecular complexity index is 1240. The fourth-order valence-electron chi connectivity index (χ4n) is 2.77. The number of amides is 1. The van der Waals surface area contributed by atoms with Crippen molar-refractivity contribution in [3.63, 3.8) is 0 Å². The number of carbonyl (C=O) groups excluding carboxylic acids is 2. The normalized spacial score (nSPS) is 12.3. The summed E-state index contributed by atoms with van der Waals surface area (Å²) in [5.41, 5.74) is 2.12. The van der Waals surface area contributed by atoms with E-state index in [1.165, 1.54) is 43.5 Å². The average Bonchev–Trinajstić information content (AvgIpc) is 3.05. The molecule has 3 rings (SSSR count). The van der Waals surface area contributed by atoms with Gasteiger partial charge in [-0.05, 0) is 57.2 Å². The summed E-state index contributed by atoms with van der Waals surface area (Å²) in [5.74, 6) is -0.817. The SMILES string of the molecule is Cc1cc(C)n(-c2ccc(C(=O)OC(C)C(=O)Nc3cccc(S(N)(=O)=O)c3)cn2)n1. The number of hydrogen-bond donors (Lipinski definition) is 2. The maximum Gasteiger partial charge on any atom is 0.340 e. The minimum Gasteiger partial charge on any atom is -0.449 e. The number of nitrogens with two attached hydrogens (primary N) is 1. The molecule has 1 aromatic carbocycles. The molecular formula is C20H21N5O5S. The number of nitrogens with one attached hydrogen (secondary N) is 1. The van der Waals surface area contributed by atoms with E-state index in [-0.39, 0.29) is 16.1 Å². The van der Waals surface area contributed by atoms with E-state index in [9.17, 15) is 18.0 Å². The first kappa shape index (κ1) is 22.1. The molecule has 0 saturated carbocycles. The third-order valence-electron chi connectivity index (χ3n) is 4.29. The van der Waals surface area contributed by atoms with Gasteiger partial charge < -0.3 is 10.1 Å². The number of hydrogen-bond acceptors (Lipinski definition) is 7. The number of nitrogens with zero attached hydrogens (tertiary/aromatic N) is 3. The number of rotatable bonds is 6. The van der Waals surface area contributed by atoms with Crippen molar-refractivity contribution in [2.75, 3.05) is 5.32 Å². The Kier molecular flexibility index (Phi) is 6.18. The number of anilines is 1. The molecular weight excluding hydrogens is 422 g/mol. The molecule has 0 aliphatic carbocycles. The van der Waals surface area contributed by atoms with Crippen LogP contribution in [0.15, 0.2) is 53.6 Å². The topological polar surface area (TPSA) is 146 Å². The maximum atomic E-state index is 12.4. The molecule has 31 heavy (non-hydrogen) atoms. The van der Waals surface area contributed by atoms with E-state index in [2.05, 4.69) is 15.4 Å². The average molecular weight is 443 g/mol. The summed E-state index contributed by atoms with van der Waals surface area (Å²) in [7, 11) is -3.91. The van der Waals surface area contributed by atoms with Crippen LogP contribution in [0.1, 0.15) is 28.7 Å². The number of carbonyl (C=O) groups is 2. The Labute approximate surface area is 179 Å². The lowest BCUT2D eigenvalue weighted by molar-refractivity contribution is -0.123. The van der Waals surface area contributed by atoms with E-state index in [1.807, 2.05) is 19.9 Å². The molecule has 1 atom stereocenters. The Balaban J connectivity index is 1.65. The predicted molar refractivity (Wildman–Crippen MR) is 112 cm³/mol. The second kappa shape index (κ2) is 8.66. The minimum absolute atomic E-state index is 0.149. The van der Waals surface area contributed by atoms with Gasteiger partial charge in [-0.2, -0.15) is 5.10 Å². The summed E-state index contributed by atoms with van der Waals surface area (Å²) >= 11 is 0. The van der Waals surface area contributed by atoms with Crippen LogP contribution in [0.5, 0.6) is 0 Å². The highest BCUT2D eigenvalue weighted by Gasteiger charge is 2.20. The molecule has 0 aliphatic heterocycles. The molecule has 2 aromatic heterocycles. The van der Waals surface area contributed by atoms with Crippen molar-refractivity contribution in [2.45, 2.75) is 31.8 Å². The zero-order valence-corrected chi connectivity index (χ0v) is 17.9. The number of esters is 1. The molecule has 0 saturated heterocycles. The molecule has 0 bridgehead atoms. The van der Waals surface area contributed by atoms with Crippen molar-refractivity contribution in [3.8, 4) is 5.82 Å². The molecule has 10 nitrogen and oxygen atoms in total. The number of ether oxygens (including phenoxy) is 1. The molecule has 0 aliphatic rings. The highest BCUT2D eigenvalue weighted by atomic mass is 32.2. The van der Waals surface area contributed by atoms with Crippen molar-refractivity contribution in [1.29, 1.82) is 0 Å². The zero-order valence-electron chi connectivity index (χ0n) is 17.1. The van der Waals surface area contributed by atoms with Crippen molar-refractivity contribution < 1.29 is 22.7 Å². The van der Waals surface area contributed by atoms with E-state index < -0.39 is 28.0 Å². The number of sulfonamides is 1. The number of benzene rings is 1. The van der Waals surface area contributed by atoms with Gasteiger partial charge in [-0.25, -0.2) is 28.0 Å². The molecule has 2 heterocycles. The van der Waals surface area contributed by atoms with Gasteiger partial charge in [0.05, 0.1) is 16.2 Å². The van der Waals surface area contributed by atoms with Crippen LogP contribution in [0, 0.1) is 13.8 Å². The van der Waals surface area contributed by atoms with Gasteiger partial charge in [0, 0.05) is 17.6 Å². The van der Waals surface area contributed by atoms with Crippen molar-refractivity contribution in [2.24, 2.45) is 5.14 Å². The van der Waals surface area contributed by atoms with Crippen LogP contribution in [0.4, 0.5) is 5.69 Å². The van der Waals surface area contributed by atoms with Gasteiger partial charge in [0.25, 0.3) is 5.91 Å². The lowest BCUT2D eigenvalue weighted by atomic mass is 10.2. The molecule has 3 aromatic rings. The number of aromatic nitrogens is 3. The number of pyridine rings is 1. The predicted octanol–water partition coefficient (Wildman–Crippen LogP) is 1.72. The first-order valence-electron chi connectivity index (χ1n) is 9.19. The minimum atomic E-state index is -3.91. The van der Waals surface area contributed by atoms with Crippen LogP contribution >= 0.6 is 0 Å². The molecule has 3 N–H and O–H groups in total. The second-order valence-electron chi connectivity index (χ2n) is 6.85. The van der Waals surface area contributed by atoms with Crippen LogP contribution in [0.3, 0.4) is 0 Å². The molecule has 1 unspecified atom stereocenters. The van der Waals surface area contributed by atoms with Gasteiger partial charge in [-0.1, -0.05) is 6.07 Å². The van der Waals surface area contributed by atoms with E-state index in [4.69, 9.17) is 9.88 Å². The lowest BCUT2D eigenvalue weighted by Gasteiger charge is -2.14. The zero-order chi connectivity index (χ0) is 22.8. The maximum absolute atomic E-state index is 12.4. The van der Waals surface area contributed by atoms with Gasteiger partial charge in [0.15, 0.2) is 11.9 Å². The summed E-state index contributed by atoms with van der Waals surface area (Å²) < 4.78 is 29.7. The molecule has 1 amide bonds. The van der Waals surface area contributed by atoms with E-state index >= 15 is 0 Å². The first-order chi connectivity index (χ1) is 14.5. The quantitative estimate of drug-likeness (QED) is 0.551. The van der Waals surface area contributed by atoms with E-state index in [1.54, 1.807) is 10.7 Å². The number of aryl methyl sites for hydroxylation is 2. The fourth-order valence-corrected chi connectivity index (χ4v) is 3.33. The monoisotopic (exact) mass is 443 g/mol. The highest BCUT2D eigenvalue weighted by Crippen LogP contribution is 2.15. The summed E-state index contributed by atoms with van der Waals surface area (Å²) in [5, 5.41) is 11.9. The van der Waals surface area contributed by atoms with Crippen LogP contribution in [-0.2, 0) is 19.6 Å². The summed E-state index contributed by atoms with van der Waals surface area (Å²) in [4.78, 5) is 28.8. The molecule has 0 spiro atoms. The summed E-state index contributed by atoms with van der Waals surface area (Å²) in [6.45, 7) is 5.16. The van der Waals surface area contributed by atoms with Crippen molar-refractivity contribution in [3.05, 3.63) is 65.6 Å². The molecule has 162 valence electrons. The third-order valence-corrected chi connectivity index (χ3v) is 5.20. The second-order valence-corrected chi connectivity index (χ2v) is 8.42. The smallest absolute Gasteiger partial charge is 0.340 e. The first-order valence-corrected chi connectivity index (χ1v) is 10.7. The lowest BCUT2D eigenvalue weighted by Crippen LogP contribution is -2.30. The van der Waals surface area contributed by atoms with Crippen LogP contribution in [-0.4, -0.2) is 41.2 Å². The van der Waals surface area contributed by atoms with Gasteiger partial charge in [0.1, 0.15) is 0 Å². The Morgan fingerprint density at radius 2 is 1.90 bits per heavy atom. The summed E-state index contributed by atoms with van der Waals surface area (Å²) in [6, 6.07) is 10.5. The molecule has 0 radical (unpaired) electrons. The van der Waals surface area contributed by atoms with Crippen LogP contribution in [0.25, 0.3) is 5.82 Å². The standard InChI is InChI=1S/C20H21N5O5S/c1-12-9-13(2)25(24-12)18-8-7-15(11-22-18)20(27)30-14(3)19(26)23-16-5-4-6-17(10-16)31(21,28)29/h4-11,14H,1-3H3,(H,23,26)(H2,21,28,29). The Morgan fingerprint density at radius 3 is 2.48 bits per heavy atom. The van der Waals surface area contributed by atoms with Gasteiger partial charge in [-0.15, -0.1) is 0 Å². The van der Waals surface area contributed by atoms with Gasteiger partial charge in [-0.3, -0.25) is 4.79 Å². The highest BCUT2D eigenvalue weighted by molar-refractivity contribution is 7.89. The van der Waals surface area contributed by atoms with Crippen LogP contribution < -0.4 is 10.5 Å². The Morgan fingerprint density at radius 1 is 1.16 bits per heavy atom. The Hall–Kier alpha value is -3.57. The van der Waals surface area contributed by atoms with Crippen molar-refractivity contribution in [1.82, 2.24) is 14.8 Å². The van der Waals surface area contributed by atoms with E-state index in [0.29, 0.717) is 5.82 Å². The summed E-state index contributed by atoms with van der Waals surface area (Å²) in [6.07, 6.45) is 0.204. The molecule has 11 heteroatoms. The van der Waals surface area contributed by atoms with E-state index in [0.717, 1.165) is 11.4 Å². The molecule has 0 fully saturated rings. The van der Waals surface area contributed by atoms with Crippen LogP contribution in [0.2, 0.25) is 0 Å².